The van der Waals surface area contributed by atoms with Gasteiger partial charge in [0.05, 0.1) is 0 Å². The van der Waals surface area contributed by atoms with Crippen molar-refractivity contribution in [1.82, 2.24) is 0 Å². The van der Waals surface area contributed by atoms with E-state index in [1.54, 1.807) is 13.0 Å². The van der Waals surface area contributed by atoms with Gasteiger partial charge in [0.15, 0.2) is 0 Å². The molecule has 1 unspecified atom stereocenters. The number of esters is 1. The van der Waals surface area contributed by atoms with Crippen LogP contribution < -0.4 is 0 Å². The van der Waals surface area contributed by atoms with Crippen LogP contribution in [0.1, 0.15) is 37.5 Å². The highest BCUT2D eigenvalue weighted by atomic mass is 16.5. The van der Waals surface area contributed by atoms with Crippen molar-refractivity contribution in [3.05, 3.63) is 54.1 Å². The molecule has 0 fully saturated rings. The second-order valence-corrected chi connectivity index (χ2v) is 3.92. The summed E-state index contributed by atoms with van der Waals surface area (Å²) in [5.41, 5.74) is 2.40. The average molecular weight is 230 g/mol. The van der Waals surface area contributed by atoms with Gasteiger partial charge in [-0.1, -0.05) is 50.4 Å². The van der Waals surface area contributed by atoms with Gasteiger partial charge in [-0.15, -0.1) is 0 Å². The normalized spacial score (nSPS) is 11.6. The van der Waals surface area contributed by atoms with Gasteiger partial charge in [0.1, 0.15) is 6.10 Å². The lowest BCUT2D eigenvalue weighted by atomic mass is 10.0. The number of carbonyl (C=O) groups is 1. The minimum Gasteiger partial charge on any atom is -0.454 e. The predicted octanol–water partition coefficient (Wildman–Crippen LogP) is 3.90. The second-order valence-electron chi connectivity index (χ2n) is 3.92. The number of rotatable bonds is 5. The Morgan fingerprint density at radius 2 is 2.12 bits per heavy atom. The highest BCUT2D eigenvalue weighted by molar-refractivity contribution is 5.87. The zero-order valence-electron chi connectivity index (χ0n) is 10.4. The minimum atomic E-state index is -0.351. The first kappa shape index (κ1) is 13.2. The van der Waals surface area contributed by atoms with Gasteiger partial charge < -0.3 is 4.74 Å². The van der Waals surface area contributed by atoms with Gasteiger partial charge in [0, 0.05) is 5.57 Å². The Hall–Kier alpha value is -1.83. The predicted molar refractivity (Wildman–Crippen MR) is 70.5 cm³/mol. The van der Waals surface area contributed by atoms with Crippen molar-refractivity contribution in [2.24, 2.45) is 0 Å². The number of carbonyl (C=O) groups excluding carboxylic acids is 1. The molecule has 17 heavy (non-hydrogen) atoms. The van der Waals surface area contributed by atoms with E-state index in [0.717, 1.165) is 17.5 Å². The number of ether oxygens (including phenoxy) is 1. The van der Waals surface area contributed by atoms with Gasteiger partial charge in [-0.3, -0.25) is 0 Å². The van der Waals surface area contributed by atoms with Crippen molar-refractivity contribution in [1.29, 1.82) is 0 Å². The number of hydrogen-bond acceptors (Lipinski definition) is 2. The first-order valence-corrected chi connectivity index (χ1v) is 5.68. The Balaban J connectivity index is 2.97. The molecule has 1 aromatic carbocycles. The van der Waals surface area contributed by atoms with E-state index in [-0.39, 0.29) is 12.1 Å². The molecule has 0 radical (unpaired) electrons. The van der Waals surface area contributed by atoms with Crippen LogP contribution in [0, 0.1) is 0 Å². The highest BCUT2D eigenvalue weighted by Gasteiger charge is 2.17. The summed E-state index contributed by atoms with van der Waals surface area (Å²) in [5, 5.41) is 0. The Kier molecular flexibility index (Phi) is 4.70. The Labute approximate surface area is 103 Å². The maximum atomic E-state index is 11.5. The molecule has 0 amide bonds. The lowest BCUT2D eigenvalue weighted by molar-refractivity contribution is -0.144. The largest absolute Gasteiger partial charge is 0.454 e. The fourth-order valence-corrected chi connectivity index (χ4v) is 1.59. The molecule has 0 aromatic heterocycles. The smallest absolute Gasteiger partial charge is 0.333 e. The molecule has 1 rings (SSSR count). The fourth-order valence-electron chi connectivity index (χ4n) is 1.59. The van der Waals surface area contributed by atoms with Crippen molar-refractivity contribution in [2.75, 3.05) is 0 Å². The van der Waals surface area contributed by atoms with Crippen LogP contribution in [0.3, 0.4) is 0 Å². The van der Waals surface area contributed by atoms with E-state index in [0.29, 0.717) is 5.57 Å². The summed E-state index contributed by atoms with van der Waals surface area (Å²) in [6, 6.07) is 7.78. The topological polar surface area (TPSA) is 26.3 Å². The maximum absolute atomic E-state index is 11.5. The van der Waals surface area contributed by atoms with Crippen LogP contribution in [-0.4, -0.2) is 5.97 Å². The fraction of sp³-hybridized carbons (Fsp3) is 0.267. The van der Waals surface area contributed by atoms with Gasteiger partial charge in [-0.25, -0.2) is 4.79 Å². The first-order chi connectivity index (χ1) is 8.10. The molecule has 2 heteroatoms. The Morgan fingerprint density at radius 1 is 1.47 bits per heavy atom. The van der Waals surface area contributed by atoms with Crippen molar-refractivity contribution >= 4 is 12.0 Å². The summed E-state index contributed by atoms with van der Waals surface area (Å²) in [6.45, 7) is 11.0. The van der Waals surface area contributed by atoms with Gasteiger partial charge in [0.2, 0.25) is 0 Å². The summed E-state index contributed by atoms with van der Waals surface area (Å²) in [5.74, 6) is -0.351. The van der Waals surface area contributed by atoms with Crippen molar-refractivity contribution < 1.29 is 9.53 Å². The third-order valence-corrected chi connectivity index (χ3v) is 2.53. The van der Waals surface area contributed by atoms with Crippen LogP contribution in [0.2, 0.25) is 0 Å². The van der Waals surface area contributed by atoms with Crippen molar-refractivity contribution in [3.8, 4) is 0 Å². The summed E-state index contributed by atoms with van der Waals surface area (Å²) in [7, 11) is 0. The molecule has 2 nitrogen and oxygen atoms in total. The van der Waals surface area contributed by atoms with Crippen LogP contribution in [0.5, 0.6) is 0 Å². The summed E-state index contributed by atoms with van der Waals surface area (Å²) in [4.78, 5) is 11.5. The lowest BCUT2D eigenvalue weighted by Crippen LogP contribution is -2.12. The molecule has 1 atom stereocenters. The molecule has 0 N–H and O–H groups in total. The zero-order valence-corrected chi connectivity index (χ0v) is 10.4. The Bertz CT molecular complexity index is 432. The van der Waals surface area contributed by atoms with Crippen molar-refractivity contribution in [2.45, 2.75) is 26.4 Å². The molecule has 0 aliphatic rings. The SMILES string of the molecule is C=Cc1ccccc1C(CC)OC(=O)C(=C)C. The van der Waals surface area contributed by atoms with E-state index in [2.05, 4.69) is 13.2 Å². The molecular formula is C15H18O2. The van der Waals surface area contributed by atoms with Crippen LogP contribution in [0.25, 0.3) is 6.08 Å². The van der Waals surface area contributed by atoms with E-state index >= 15 is 0 Å². The minimum absolute atomic E-state index is 0.242. The van der Waals surface area contributed by atoms with E-state index in [9.17, 15) is 4.79 Å². The maximum Gasteiger partial charge on any atom is 0.333 e. The summed E-state index contributed by atoms with van der Waals surface area (Å²) >= 11 is 0. The van der Waals surface area contributed by atoms with Crippen LogP contribution >= 0.6 is 0 Å². The van der Waals surface area contributed by atoms with Crippen molar-refractivity contribution in [3.63, 3.8) is 0 Å². The van der Waals surface area contributed by atoms with Gasteiger partial charge in [-0.2, -0.15) is 0 Å². The number of benzene rings is 1. The quantitative estimate of drug-likeness (QED) is 0.566. The van der Waals surface area contributed by atoms with E-state index < -0.39 is 0 Å². The molecule has 0 aliphatic heterocycles. The van der Waals surface area contributed by atoms with E-state index in [1.165, 1.54) is 0 Å². The lowest BCUT2D eigenvalue weighted by Gasteiger charge is -2.18. The highest BCUT2D eigenvalue weighted by Crippen LogP contribution is 2.26. The zero-order chi connectivity index (χ0) is 12.8. The molecule has 0 bridgehead atoms. The molecule has 0 saturated carbocycles. The van der Waals surface area contributed by atoms with Crippen LogP contribution in [0.15, 0.2) is 43.0 Å². The molecule has 1 aromatic rings. The molecule has 0 saturated heterocycles. The monoisotopic (exact) mass is 230 g/mol. The van der Waals surface area contributed by atoms with Gasteiger partial charge in [0.25, 0.3) is 0 Å². The average Bonchev–Trinajstić information content (AvgIpc) is 2.35. The molecular weight excluding hydrogens is 212 g/mol. The summed E-state index contributed by atoms with van der Waals surface area (Å²) in [6.07, 6.45) is 2.25. The van der Waals surface area contributed by atoms with Crippen LogP contribution in [-0.2, 0) is 9.53 Å². The first-order valence-electron chi connectivity index (χ1n) is 5.68. The standard InChI is InChI=1S/C15H18O2/c1-5-12-9-7-8-10-13(12)14(6-2)17-15(16)11(3)4/h5,7-10,14H,1,3,6H2,2,4H3. The van der Waals surface area contributed by atoms with E-state index in [4.69, 9.17) is 4.74 Å². The third kappa shape index (κ3) is 3.31. The second kappa shape index (κ2) is 6.04. The molecule has 0 spiro atoms. The summed E-state index contributed by atoms with van der Waals surface area (Å²) < 4.78 is 5.40. The molecule has 90 valence electrons. The third-order valence-electron chi connectivity index (χ3n) is 2.53. The van der Waals surface area contributed by atoms with E-state index in [1.807, 2.05) is 31.2 Å². The Morgan fingerprint density at radius 3 is 2.65 bits per heavy atom. The molecule has 0 aliphatic carbocycles. The van der Waals surface area contributed by atoms with Crippen LogP contribution in [0.4, 0.5) is 0 Å². The number of hydrogen-bond donors (Lipinski definition) is 0. The molecule has 0 heterocycles. The van der Waals surface area contributed by atoms with Gasteiger partial charge >= 0.3 is 5.97 Å². The van der Waals surface area contributed by atoms with Gasteiger partial charge in [-0.05, 0) is 24.5 Å².